The zero-order chi connectivity index (χ0) is 15.2. The van der Waals surface area contributed by atoms with Crippen molar-refractivity contribution in [3.63, 3.8) is 0 Å². The lowest BCUT2D eigenvalue weighted by Gasteiger charge is -2.20. The van der Waals surface area contributed by atoms with Gasteiger partial charge >= 0.3 is 0 Å². The fraction of sp³-hybridized carbons (Fsp3) is 0.471. The number of aromatic nitrogens is 1. The first-order valence-corrected chi connectivity index (χ1v) is 7.50. The molecule has 2 rings (SSSR count). The normalized spacial score (nSPS) is 13.0. The van der Waals surface area contributed by atoms with E-state index in [1.165, 1.54) is 0 Å². The number of nitrogens with zero attached hydrogens (tertiary/aromatic N) is 2. The van der Waals surface area contributed by atoms with Crippen molar-refractivity contribution < 1.29 is 4.42 Å². The van der Waals surface area contributed by atoms with Gasteiger partial charge in [0, 0.05) is 11.6 Å². The van der Waals surface area contributed by atoms with Gasteiger partial charge in [0.25, 0.3) is 0 Å². The standard InChI is InChI=1S/C17H25N3O/c1-13(2)15(18)9-10-20(3)12-17-19-11-16(21-17)14-7-5-4-6-8-14/h4-8,11,13,15H,9-10,12,18H2,1-3H3. The molecule has 2 aromatic rings. The van der Waals surface area contributed by atoms with E-state index in [1.54, 1.807) is 6.20 Å². The predicted molar refractivity (Wildman–Crippen MR) is 85.7 cm³/mol. The van der Waals surface area contributed by atoms with E-state index in [0.29, 0.717) is 12.5 Å². The molecule has 0 saturated heterocycles. The summed E-state index contributed by atoms with van der Waals surface area (Å²) in [5, 5.41) is 0. The predicted octanol–water partition coefficient (Wildman–Crippen LogP) is 3.15. The molecule has 4 heteroatoms. The van der Waals surface area contributed by atoms with Crippen molar-refractivity contribution in [3.8, 4) is 11.3 Å². The number of hydrogen-bond acceptors (Lipinski definition) is 4. The van der Waals surface area contributed by atoms with Crippen LogP contribution in [-0.4, -0.2) is 29.5 Å². The largest absolute Gasteiger partial charge is 0.439 e. The highest BCUT2D eigenvalue weighted by molar-refractivity contribution is 5.55. The minimum Gasteiger partial charge on any atom is -0.439 e. The van der Waals surface area contributed by atoms with Crippen LogP contribution in [0.4, 0.5) is 0 Å². The van der Waals surface area contributed by atoms with E-state index < -0.39 is 0 Å². The van der Waals surface area contributed by atoms with E-state index in [1.807, 2.05) is 30.3 Å². The van der Waals surface area contributed by atoms with Crippen LogP contribution < -0.4 is 5.73 Å². The summed E-state index contributed by atoms with van der Waals surface area (Å²) in [7, 11) is 2.07. The van der Waals surface area contributed by atoms with Gasteiger partial charge in [-0.15, -0.1) is 0 Å². The number of oxazole rings is 1. The van der Waals surface area contributed by atoms with Crippen LogP contribution in [0, 0.1) is 5.92 Å². The average molecular weight is 287 g/mol. The number of hydrogen-bond donors (Lipinski definition) is 1. The highest BCUT2D eigenvalue weighted by atomic mass is 16.4. The fourth-order valence-electron chi connectivity index (χ4n) is 2.13. The summed E-state index contributed by atoms with van der Waals surface area (Å²) in [5.41, 5.74) is 7.13. The summed E-state index contributed by atoms with van der Waals surface area (Å²) in [4.78, 5) is 6.55. The highest BCUT2D eigenvalue weighted by Crippen LogP contribution is 2.20. The van der Waals surface area contributed by atoms with Crippen molar-refractivity contribution in [2.45, 2.75) is 32.9 Å². The van der Waals surface area contributed by atoms with Crippen molar-refractivity contribution in [2.24, 2.45) is 11.7 Å². The minimum atomic E-state index is 0.247. The molecule has 0 fully saturated rings. The van der Waals surface area contributed by atoms with Crippen LogP contribution in [0.1, 0.15) is 26.2 Å². The van der Waals surface area contributed by atoms with Crippen molar-refractivity contribution in [2.75, 3.05) is 13.6 Å². The van der Waals surface area contributed by atoms with Crippen LogP contribution in [0.25, 0.3) is 11.3 Å². The molecule has 2 N–H and O–H groups in total. The molecule has 114 valence electrons. The minimum absolute atomic E-state index is 0.247. The second kappa shape index (κ2) is 7.38. The van der Waals surface area contributed by atoms with Gasteiger partial charge in [-0.25, -0.2) is 4.98 Å². The third-order valence-corrected chi connectivity index (χ3v) is 3.72. The molecule has 21 heavy (non-hydrogen) atoms. The first-order valence-electron chi connectivity index (χ1n) is 7.50. The fourth-order valence-corrected chi connectivity index (χ4v) is 2.13. The summed E-state index contributed by atoms with van der Waals surface area (Å²) in [6.45, 7) is 5.97. The Morgan fingerprint density at radius 1 is 1.24 bits per heavy atom. The van der Waals surface area contributed by atoms with E-state index in [-0.39, 0.29) is 6.04 Å². The van der Waals surface area contributed by atoms with Crippen molar-refractivity contribution in [1.29, 1.82) is 0 Å². The third-order valence-electron chi connectivity index (χ3n) is 3.72. The van der Waals surface area contributed by atoms with E-state index >= 15 is 0 Å². The molecule has 1 heterocycles. The van der Waals surface area contributed by atoms with Gasteiger partial charge in [-0.3, -0.25) is 4.90 Å². The Hall–Kier alpha value is -1.65. The van der Waals surface area contributed by atoms with Gasteiger partial charge in [-0.1, -0.05) is 44.2 Å². The van der Waals surface area contributed by atoms with Gasteiger partial charge in [-0.05, 0) is 25.9 Å². The molecule has 4 nitrogen and oxygen atoms in total. The lowest BCUT2D eigenvalue weighted by molar-refractivity contribution is 0.269. The first kappa shape index (κ1) is 15.7. The Balaban J connectivity index is 1.88. The summed E-state index contributed by atoms with van der Waals surface area (Å²) >= 11 is 0. The smallest absolute Gasteiger partial charge is 0.209 e. The van der Waals surface area contributed by atoms with Crippen LogP contribution in [0.5, 0.6) is 0 Å². The topological polar surface area (TPSA) is 55.3 Å². The van der Waals surface area contributed by atoms with Gasteiger partial charge in [0.2, 0.25) is 5.89 Å². The van der Waals surface area contributed by atoms with E-state index in [9.17, 15) is 0 Å². The summed E-state index contributed by atoms with van der Waals surface area (Å²) in [6, 6.07) is 10.3. The van der Waals surface area contributed by atoms with Gasteiger partial charge in [0.05, 0.1) is 12.7 Å². The summed E-state index contributed by atoms with van der Waals surface area (Å²) in [5.74, 6) is 2.08. The molecule has 1 aromatic carbocycles. The van der Waals surface area contributed by atoms with Crippen LogP contribution in [0.3, 0.4) is 0 Å². The van der Waals surface area contributed by atoms with E-state index in [2.05, 4.69) is 30.8 Å². The Labute approximate surface area is 127 Å². The molecule has 0 amide bonds. The first-order chi connectivity index (χ1) is 10.1. The zero-order valence-corrected chi connectivity index (χ0v) is 13.1. The van der Waals surface area contributed by atoms with E-state index in [4.69, 9.17) is 10.2 Å². The second-order valence-electron chi connectivity index (χ2n) is 5.92. The zero-order valence-electron chi connectivity index (χ0n) is 13.1. The highest BCUT2D eigenvalue weighted by Gasteiger charge is 2.11. The molecular formula is C17H25N3O. The van der Waals surface area contributed by atoms with Crippen LogP contribution in [0.15, 0.2) is 40.9 Å². The van der Waals surface area contributed by atoms with E-state index in [0.717, 1.165) is 30.2 Å². The summed E-state index contributed by atoms with van der Waals surface area (Å²) < 4.78 is 5.81. The monoisotopic (exact) mass is 287 g/mol. The third kappa shape index (κ3) is 4.69. The lowest BCUT2D eigenvalue weighted by atomic mass is 10.0. The van der Waals surface area contributed by atoms with Crippen LogP contribution in [0.2, 0.25) is 0 Å². The van der Waals surface area contributed by atoms with Gasteiger partial charge in [-0.2, -0.15) is 0 Å². The molecule has 1 atom stereocenters. The van der Waals surface area contributed by atoms with Crippen LogP contribution >= 0.6 is 0 Å². The van der Waals surface area contributed by atoms with Crippen molar-refractivity contribution >= 4 is 0 Å². The molecule has 1 unspecified atom stereocenters. The van der Waals surface area contributed by atoms with Crippen molar-refractivity contribution in [3.05, 3.63) is 42.4 Å². The maximum absolute atomic E-state index is 6.07. The Bertz CT molecular complexity index is 536. The molecule has 0 bridgehead atoms. The van der Waals surface area contributed by atoms with Crippen molar-refractivity contribution in [1.82, 2.24) is 9.88 Å². The Morgan fingerprint density at radius 2 is 1.95 bits per heavy atom. The summed E-state index contributed by atoms with van der Waals surface area (Å²) in [6.07, 6.45) is 2.78. The molecular weight excluding hydrogens is 262 g/mol. The number of rotatable bonds is 7. The Morgan fingerprint density at radius 3 is 2.62 bits per heavy atom. The molecule has 0 aliphatic rings. The molecule has 0 aliphatic carbocycles. The van der Waals surface area contributed by atoms with Gasteiger partial charge < -0.3 is 10.2 Å². The SMILES string of the molecule is CC(C)C(N)CCN(C)Cc1ncc(-c2ccccc2)o1. The number of benzene rings is 1. The van der Waals surface area contributed by atoms with Gasteiger partial charge in [0.1, 0.15) is 0 Å². The second-order valence-corrected chi connectivity index (χ2v) is 5.92. The quantitative estimate of drug-likeness (QED) is 0.850. The Kier molecular flexibility index (Phi) is 5.53. The lowest BCUT2D eigenvalue weighted by Crippen LogP contribution is -2.31. The molecule has 0 radical (unpaired) electrons. The molecule has 0 saturated carbocycles. The molecule has 0 spiro atoms. The average Bonchev–Trinajstić information content (AvgIpc) is 2.94. The number of nitrogens with two attached hydrogens (primary N) is 1. The molecule has 0 aliphatic heterocycles. The molecule has 1 aromatic heterocycles. The van der Waals surface area contributed by atoms with Crippen LogP contribution in [-0.2, 0) is 6.54 Å². The maximum Gasteiger partial charge on any atom is 0.209 e. The van der Waals surface area contributed by atoms with Gasteiger partial charge in [0.15, 0.2) is 5.76 Å². The maximum atomic E-state index is 6.07.